The summed E-state index contributed by atoms with van der Waals surface area (Å²) >= 11 is 0. The molecule has 1 atom stereocenters. The molecule has 7 nitrogen and oxygen atoms in total. The van der Waals surface area contributed by atoms with E-state index < -0.39 is 30.6 Å². The second-order valence-electron chi connectivity index (χ2n) is 6.48. The van der Waals surface area contributed by atoms with Crippen LogP contribution in [0.2, 0.25) is 0 Å². The van der Waals surface area contributed by atoms with Gasteiger partial charge in [-0.25, -0.2) is 4.79 Å². The highest BCUT2D eigenvalue weighted by Crippen LogP contribution is 2.16. The number of esters is 2. The van der Waals surface area contributed by atoms with Gasteiger partial charge >= 0.3 is 18.1 Å². The van der Waals surface area contributed by atoms with Crippen LogP contribution < -0.4 is 0 Å². The first-order valence-corrected chi connectivity index (χ1v) is 9.72. The fourth-order valence-electron chi connectivity index (χ4n) is 2.47. The van der Waals surface area contributed by atoms with Crippen molar-refractivity contribution in [3.05, 3.63) is 47.5 Å². The van der Waals surface area contributed by atoms with Gasteiger partial charge in [-0.3, -0.25) is 9.59 Å². The van der Waals surface area contributed by atoms with E-state index in [-0.39, 0.29) is 13.2 Å². The fourth-order valence-corrected chi connectivity index (χ4v) is 2.47. The van der Waals surface area contributed by atoms with E-state index >= 15 is 0 Å². The topological polar surface area (TPSA) is 88.1 Å². The van der Waals surface area contributed by atoms with Crippen LogP contribution in [0.3, 0.4) is 0 Å². The Morgan fingerprint density at radius 2 is 1.79 bits per heavy atom. The van der Waals surface area contributed by atoms with Gasteiger partial charge in [-0.05, 0) is 37.3 Å². The van der Waals surface area contributed by atoms with Gasteiger partial charge < -0.3 is 18.9 Å². The summed E-state index contributed by atoms with van der Waals surface area (Å²) in [6.45, 7) is 4.21. The smallest absolute Gasteiger partial charge is 0.469 e. The Bertz CT molecular complexity index is 667. The Kier molecular flexibility index (Phi) is 11.9. The Hall–Kier alpha value is -2.83. The number of benzene rings is 1. The molecule has 0 aromatic heterocycles. The average molecular weight is 406 g/mol. The summed E-state index contributed by atoms with van der Waals surface area (Å²) in [6, 6.07) is 9.38. The highest BCUT2D eigenvalue weighted by molar-refractivity contribution is 5.91. The van der Waals surface area contributed by atoms with E-state index in [9.17, 15) is 14.4 Å². The van der Waals surface area contributed by atoms with E-state index in [1.165, 1.54) is 7.11 Å². The maximum atomic E-state index is 12.1. The summed E-state index contributed by atoms with van der Waals surface area (Å²) in [6.07, 6.45) is 3.33. The summed E-state index contributed by atoms with van der Waals surface area (Å²) in [5, 5.41) is 0. The summed E-state index contributed by atoms with van der Waals surface area (Å²) in [5.74, 6) is -1.27. The molecule has 7 heteroatoms. The first kappa shape index (κ1) is 24.2. The molecule has 0 N–H and O–H groups in total. The van der Waals surface area contributed by atoms with Crippen molar-refractivity contribution >= 4 is 18.1 Å². The monoisotopic (exact) mass is 406 g/mol. The summed E-state index contributed by atoms with van der Waals surface area (Å²) < 4.78 is 20.1. The predicted octanol–water partition coefficient (Wildman–Crippen LogP) is 4.34. The van der Waals surface area contributed by atoms with Crippen molar-refractivity contribution in [1.29, 1.82) is 0 Å². The van der Waals surface area contributed by atoms with Crippen molar-refractivity contribution < 1.29 is 33.3 Å². The predicted molar refractivity (Wildman–Crippen MR) is 107 cm³/mol. The third-order valence-electron chi connectivity index (χ3n) is 4.13. The van der Waals surface area contributed by atoms with Crippen molar-refractivity contribution in [2.24, 2.45) is 0 Å². The van der Waals surface area contributed by atoms with E-state index in [2.05, 4.69) is 11.7 Å². The molecule has 160 valence electrons. The van der Waals surface area contributed by atoms with Gasteiger partial charge in [0.25, 0.3) is 0 Å². The van der Waals surface area contributed by atoms with Gasteiger partial charge in [0.05, 0.1) is 13.7 Å². The molecule has 1 aromatic carbocycles. The first-order chi connectivity index (χ1) is 14.0. The summed E-state index contributed by atoms with van der Waals surface area (Å²) in [7, 11) is 1.21. The van der Waals surface area contributed by atoms with Crippen LogP contribution in [0, 0.1) is 0 Å². The molecular weight excluding hydrogens is 376 g/mol. The molecule has 0 aliphatic rings. The van der Waals surface area contributed by atoms with Gasteiger partial charge in [0.2, 0.25) is 0 Å². The molecular formula is C22H30O7. The lowest BCUT2D eigenvalue weighted by atomic mass is 10.0. The molecule has 0 aliphatic heterocycles. The van der Waals surface area contributed by atoms with Crippen molar-refractivity contribution in [3.63, 3.8) is 0 Å². The van der Waals surface area contributed by atoms with Gasteiger partial charge in [0, 0.05) is 0 Å². The molecule has 0 heterocycles. The second-order valence-corrected chi connectivity index (χ2v) is 6.48. The first-order valence-electron chi connectivity index (χ1n) is 9.72. The molecule has 0 bridgehead atoms. The number of methoxy groups -OCH3 is 1. The molecule has 0 amide bonds. The highest BCUT2D eigenvalue weighted by atomic mass is 16.7. The van der Waals surface area contributed by atoms with Crippen LogP contribution in [-0.2, 0) is 35.1 Å². The van der Waals surface area contributed by atoms with Crippen LogP contribution in [0.25, 0.3) is 0 Å². The van der Waals surface area contributed by atoms with Crippen molar-refractivity contribution in [1.82, 2.24) is 0 Å². The van der Waals surface area contributed by atoms with Crippen LogP contribution in [0.5, 0.6) is 0 Å². The molecule has 0 fully saturated rings. The van der Waals surface area contributed by atoms with Crippen LogP contribution >= 0.6 is 0 Å². The summed E-state index contributed by atoms with van der Waals surface area (Å²) in [5.41, 5.74) is 1.75. The lowest BCUT2D eigenvalue weighted by molar-refractivity contribution is -0.152. The number of ether oxygens (including phenoxy) is 4. The van der Waals surface area contributed by atoms with Gasteiger partial charge in [-0.15, -0.1) is 0 Å². The molecule has 1 aromatic rings. The van der Waals surface area contributed by atoms with E-state index in [0.717, 1.165) is 24.0 Å². The Labute approximate surface area is 172 Å². The van der Waals surface area contributed by atoms with E-state index in [1.54, 1.807) is 0 Å². The van der Waals surface area contributed by atoms with Crippen LogP contribution in [-0.4, -0.2) is 37.9 Å². The quantitative estimate of drug-likeness (QED) is 0.168. The lowest BCUT2D eigenvalue weighted by Gasteiger charge is -2.18. The largest absolute Gasteiger partial charge is 0.509 e. The normalized spacial score (nSPS) is 12.0. The zero-order chi connectivity index (χ0) is 21.5. The highest BCUT2D eigenvalue weighted by Gasteiger charge is 2.17. The number of rotatable bonds is 12. The van der Waals surface area contributed by atoms with E-state index in [1.807, 2.05) is 43.3 Å². The van der Waals surface area contributed by atoms with E-state index in [0.29, 0.717) is 12.8 Å². The van der Waals surface area contributed by atoms with Crippen LogP contribution in [0.15, 0.2) is 42.0 Å². The molecule has 0 radical (unpaired) electrons. The number of carbonyl (C=O) groups excluding carboxylic acids is 3. The number of unbranched alkanes of at least 4 members (excludes halogenated alkanes) is 1. The average Bonchev–Trinajstić information content (AvgIpc) is 2.73. The second kappa shape index (κ2) is 14.2. The maximum Gasteiger partial charge on any atom is 0.509 e. The lowest BCUT2D eigenvalue weighted by Crippen LogP contribution is -2.20. The molecule has 1 unspecified atom stereocenters. The van der Waals surface area contributed by atoms with Gasteiger partial charge in [-0.1, -0.05) is 49.8 Å². The summed E-state index contributed by atoms with van der Waals surface area (Å²) in [4.78, 5) is 34.5. The maximum absolute atomic E-state index is 12.1. The van der Waals surface area contributed by atoms with Crippen molar-refractivity contribution in [2.75, 3.05) is 13.7 Å². The standard InChI is InChI=1S/C22H30O7/c1-4-5-13-19(29-22(25)28-16-18-11-7-6-8-12-18)17(2)10-9-14-27-21(24)15-20(23)26-3/h6-8,10-12,19H,4-5,9,13-16H2,1-3H3/b17-10+. The van der Waals surface area contributed by atoms with E-state index in [4.69, 9.17) is 14.2 Å². The Morgan fingerprint density at radius 1 is 1.07 bits per heavy atom. The molecule has 1 rings (SSSR count). The zero-order valence-electron chi connectivity index (χ0n) is 17.3. The van der Waals surface area contributed by atoms with Crippen molar-refractivity contribution in [3.8, 4) is 0 Å². The van der Waals surface area contributed by atoms with Crippen LogP contribution in [0.1, 0.15) is 51.5 Å². The Morgan fingerprint density at radius 3 is 2.45 bits per heavy atom. The minimum Gasteiger partial charge on any atom is -0.469 e. The van der Waals surface area contributed by atoms with Crippen LogP contribution in [0.4, 0.5) is 4.79 Å². The number of hydrogen-bond acceptors (Lipinski definition) is 7. The zero-order valence-corrected chi connectivity index (χ0v) is 17.3. The number of carbonyl (C=O) groups is 3. The third kappa shape index (κ3) is 10.9. The molecule has 0 saturated carbocycles. The molecule has 0 spiro atoms. The third-order valence-corrected chi connectivity index (χ3v) is 4.13. The molecule has 0 aliphatic carbocycles. The molecule has 29 heavy (non-hydrogen) atoms. The van der Waals surface area contributed by atoms with Gasteiger partial charge in [0.1, 0.15) is 19.1 Å². The van der Waals surface area contributed by atoms with Gasteiger partial charge in [0.15, 0.2) is 0 Å². The molecule has 0 saturated heterocycles. The SMILES string of the molecule is CCCCC(OC(=O)OCc1ccccc1)/C(C)=C/CCOC(=O)CC(=O)OC. The fraction of sp³-hybridized carbons (Fsp3) is 0.500. The number of hydrogen-bond donors (Lipinski definition) is 0. The minimum absolute atomic E-state index is 0.131. The van der Waals surface area contributed by atoms with Gasteiger partial charge in [-0.2, -0.15) is 0 Å². The van der Waals surface area contributed by atoms with Crippen molar-refractivity contribution in [2.45, 2.75) is 58.7 Å². The minimum atomic E-state index is -0.716. The Balaban J connectivity index is 2.47.